The summed E-state index contributed by atoms with van der Waals surface area (Å²) in [5.74, 6) is 1.12. The summed E-state index contributed by atoms with van der Waals surface area (Å²) >= 11 is 5.32. The first-order valence-corrected chi connectivity index (χ1v) is 9.44. The van der Waals surface area contributed by atoms with E-state index in [1.54, 1.807) is 0 Å². The number of benzene rings is 2. The van der Waals surface area contributed by atoms with Gasteiger partial charge < -0.3 is 10.2 Å². The predicted octanol–water partition coefficient (Wildman–Crippen LogP) is 4.70. The SMILES string of the molecule is Cc1cc(Br)ccc1NC(=O)CN1CCCSc2ccccc21. The van der Waals surface area contributed by atoms with Crippen molar-refractivity contribution in [3.05, 3.63) is 52.5 Å². The molecule has 3 rings (SSSR count). The Morgan fingerprint density at radius 3 is 2.96 bits per heavy atom. The Hall–Kier alpha value is -1.46. The fourth-order valence-corrected chi connectivity index (χ4v) is 4.18. The Labute approximate surface area is 149 Å². The molecule has 5 heteroatoms. The molecule has 3 nitrogen and oxygen atoms in total. The summed E-state index contributed by atoms with van der Waals surface area (Å²) in [4.78, 5) is 15.9. The van der Waals surface area contributed by atoms with Crippen molar-refractivity contribution in [2.45, 2.75) is 18.2 Å². The molecule has 1 aliphatic rings. The van der Waals surface area contributed by atoms with Gasteiger partial charge in [0.05, 0.1) is 12.2 Å². The zero-order valence-corrected chi connectivity index (χ0v) is 15.4. The first kappa shape index (κ1) is 16.4. The number of hydrogen-bond donors (Lipinski definition) is 1. The fraction of sp³-hybridized carbons (Fsp3) is 0.278. The van der Waals surface area contributed by atoms with Crippen molar-refractivity contribution in [1.29, 1.82) is 0 Å². The molecule has 1 aliphatic heterocycles. The first-order valence-electron chi connectivity index (χ1n) is 7.66. The molecule has 2 aromatic rings. The van der Waals surface area contributed by atoms with E-state index in [-0.39, 0.29) is 5.91 Å². The van der Waals surface area contributed by atoms with Crippen LogP contribution in [0.2, 0.25) is 0 Å². The number of fused-ring (bicyclic) bond motifs is 1. The molecule has 1 amide bonds. The summed E-state index contributed by atoms with van der Waals surface area (Å²) in [6.07, 6.45) is 1.09. The summed E-state index contributed by atoms with van der Waals surface area (Å²) in [6, 6.07) is 14.2. The van der Waals surface area contributed by atoms with E-state index < -0.39 is 0 Å². The molecule has 120 valence electrons. The number of para-hydroxylation sites is 1. The van der Waals surface area contributed by atoms with Crippen molar-refractivity contribution in [2.75, 3.05) is 29.1 Å². The van der Waals surface area contributed by atoms with Crippen molar-refractivity contribution in [2.24, 2.45) is 0 Å². The Morgan fingerprint density at radius 2 is 2.13 bits per heavy atom. The second kappa shape index (κ2) is 7.41. The van der Waals surface area contributed by atoms with Crippen LogP contribution in [0.15, 0.2) is 51.8 Å². The van der Waals surface area contributed by atoms with Crippen LogP contribution in [0.1, 0.15) is 12.0 Å². The zero-order chi connectivity index (χ0) is 16.2. The number of thioether (sulfide) groups is 1. The molecular formula is C18H19BrN2OS. The lowest BCUT2D eigenvalue weighted by atomic mass is 10.2. The molecule has 0 aromatic heterocycles. The maximum Gasteiger partial charge on any atom is 0.243 e. The molecule has 0 saturated heterocycles. The van der Waals surface area contributed by atoms with E-state index >= 15 is 0 Å². The number of amides is 1. The van der Waals surface area contributed by atoms with Gasteiger partial charge in [-0.1, -0.05) is 28.1 Å². The Bertz CT molecular complexity index is 720. The lowest BCUT2D eigenvalue weighted by Crippen LogP contribution is -2.34. The molecule has 23 heavy (non-hydrogen) atoms. The molecule has 0 bridgehead atoms. The van der Waals surface area contributed by atoms with Crippen LogP contribution in [-0.4, -0.2) is 24.7 Å². The summed E-state index contributed by atoms with van der Waals surface area (Å²) in [7, 11) is 0. The summed E-state index contributed by atoms with van der Waals surface area (Å²) in [5, 5.41) is 3.03. The first-order chi connectivity index (χ1) is 11.1. The number of nitrogens with zero attached hydrogens (tertiary/aromatic N) is 1. The average Bonchev–Trinajstić information content (AvgIpc) is 2.73. The number of carbonyl (C=O) groups is 1. The van der Waals surface area contributed by atoms with Gasteiger partial charge in [-0.2, -0.15) is 0 Å². The second-order valence-electron chi connectivity index (χ2n) is 5.60. The van der Waals surface area contributed by atoms with Gasteiger partial charge in [0.1, 0.15) is 0 Å². The van der Waals surface area contributed by atoms with E-state index in [0.717, 1.165) is 40.1 Å². The highest BCUT2D eigenvalue weighted by atomic mass is 79.9. The number of hydrogen-bond acceptors (Lipinski definition) is 3. The molecule has 0 spiro atoms. The lowest BCUT2D eigenvalue weighted by molar-refractivity contribution is -0.115. The molecule has 2 aromatic carbocycles. The van der Waals surface area contributed by atoms with Crippen LogP contribution in [0.3, 0.4) is 0 Å². The summed E-state index contributed by atoms with van der Waals surface area (Å²) in [5.41, 5.74) is 3.09. The molecule has 0 saturated carbocycles. The number of carbonyl (C=O) groups excluding carboxylic acids is 1. The Morgan fingerprint density at radius 1 is 1.30 bits per heavy atom. The number of halogens is 1. The average molecular weight is 391 g/mol. The van der Waals surface area contributed by atoms with Gasteiger partial charge in [0.15, 0.2) is 0 Å². The molecule has 1 heterocycles. The maximum atomic E-state index is 12.5. The molecule has 0 fully saturated rings. The van der Waals surface area contributed by atoms with Gasteiger partial charge in [-0.3, -0.25) is 4.79 Å². The molecule has 0 atom stereocenters. The predicted molar refractivity (Wildman–Crippen MR) is 102 cm³/mol. The van der Waals surface area contributed by atoms with E-state index in [1.165, 1.54) is 4.90 Å². The minimum Gasteiger partial charge on any atom is -0.361 e. The van der Waals surface area contributed by atoms with Crippen LogP contribution in [-0.2, 0) is 4.79 Å². The Balaban J connectivity index is 1.72. The normalized spacial score (nSPS) is 14.1. The van der Waals surface area contributed by atoms with E-state index in [4.69, 9.17) is 0 Å². The number of nitrogens with one attached hydrogen (secondary N) is 1. The molecule has 0 unspecified atom stereocenters. The van der Waals surface area contributed by atoms with E-state index in [1.807, 2.05) is 43.0 Å². The number of aryl methyl sites for hydroxylation is 1. The van der Waals surface area contributed by atoms with Crippen molar-refractivity contribution in [3.8, 4) is 0 Å². The standard InChI is InChI=1S/C18H19BrN2OS/c1-13-11-14(19)7-8-15(13)20-18(22)12-21-9-4-10-23-17-6-3-2-5-16(17)21/h2-3,5-8,11H,4,9-10,12H2,1H3,(H,20,22). The van der Waals surface area contributed by atoms with Crippen LogP contribution in [0.4, 0.5) is 11.4 Å². The third kappa shape index (κ3) is 4.09. The van der Waals surface area contributed by atoms with Gasteiger partial charge in [-0.25, -0.2) is 0 Å². The second-order valence-corrected chi connectivity index (χ2v) is 7.65. The van der Waals surface area contributed by atoms with Crippen molar-refractivity contribution in [3.63, 3.8) is 0 Å². The summed E-state index contributed by atoms with van der Waals surface area (Å²) < 4.78 is 1.02. The lowest BCUT2D eigenvalue weighted by Gasteiger charge is -2.24. The van der Waals surface area contributed by atoms with Gasteiger partial charge in [-0.05, 0) is 55.0 Å². The highest BCUT2D eigenvalue weighted by Gasteiger charge is 2.18. The number of anilines is 2. The molecule has 0 aliphatic carbocycles. The Kier molecular flexibility index (Phi) is 5.28. The monoisotopic (exact) mass is 390 g/mol. The minimum atomic E-state index is 0.0251. The van der Waals surface area contributed by atoms with Crippen molar-refractivity contribution in [1.82, 2.24) is 0 Å². The van der Waals surface area contributed by atoms with E-state index in [0.29, 0.717) is 6.54 Å². The quantitative estimate of drug-likeness (QED) is 0.823. The van der Waals surface area contributed by atoms with Crippen LogP contribution in [0.5, 0.6) is 0 Å². The van der Waals surface area contributed by atoms with E-state index in [9.17, 15) is 4.79 Å². The van der Waals surface area contributed by atoms with Gasteiger partial charge >= 0.3 is 0 Å². The van der Waals surface area contributed by atoms with E-state index in [2.05, 4.69) is 44.3 Å². The van der Waals surface area contributed by atoms with Gasteiger partial charge in [-0.15, -0.1) is 11.8 Å². The topological polar surface area (TPSA) is 32.3 Å². The fourth-order valence-electron chi connectivity index (χ4n) is 2.69. The van der Waals surface area contributed by atoms with Gasteiger partial charge in [0, 0.05) is 21.6 Å². The zero-order valence-electron chi connectivity index (χ0n) is 13.0. The highest BCUT2D eigenvalue weighted by Crippen LogP contribution is 2.33. The van der Waals surface area contributed by atoms with Crippen LogP contribution in [0.25, 0.3) is 0 Å². The third-order valence-corrected chi connectivity index (χ3v) is 5.48. The third-order valence-electron chi connectivity index (χ3n) is 3.83. The highest BCUT2D eigenvalue weighted by molar-refractivity contribution is 9.10. The van der Waals surface area contributed by atoms with Gasteiger partial charge in [0.2, 0.25) is 5.91 Å². The van der Waals surface area contributed by atoms with Crippen LogP contribution < -0.4 is 10.2 Å². The van der Waals surface area contributed by atoms with Crippen LogP contribution >= 0.6 is 27.7 Å². The van der Waals surface area contributed by atoms with Crippen LogP contribution in [0, 0.1) is 6.92 Å². The van der Waals surface area contributed by atoms with Crippen molar-refractivity contribution < 1.29 is 4.79 Å². The molecular weight excluding hydrogens is 372 g/mol. The van der Waals surface area contributed by atoms with Gasteiger partial charge in [0.25, 0.3) is 0 Å². The minimum absolute atomic E-state index is 0.0251. The smallest absolute Gasteiger partial charge is 0.243 e. The summed E-state index contributed by atoms with van der Waals surface area (Å²) in [6.45, 7) is 3.29. The molecule has 1 N–H and O–H groups in total. The maximum absolute atomic E-state index is 12.5. The molecule has 0 radical (unpaired) electrons. The number of rotatable bonds is 3. The largest absolute Gasteiger partial charge is 0.361 e. The van der Waals surface area contributed by atoms with Crippen molar-refractivity contribution >= 4 is 45.0 Å².